The standard InChI is InChI=1S/C21H24Cl3N3O7/c1-8(2)25-21-26-17-13(6-12(22)15(23)16(17)24)27(21)20-19(33-11(5)30)18(32-10(4)29)14(34-20)7-31-9(3)28/h6,8,14,18-20H,7H2,1-5H3,(H,25,26)/t14-,18-,19-,20-/m1/s1. The van der Waals surface area contributed by atoms with E-state index in [-0.39, 0.29) is 27.7 Å². The largest absolute Gasteiger partial charge is 0.463 e. The summed E-state index contributed by atoms with van der Waals surface area (Å²) < 4.78 is 23.8. The smallest absolute Gasteiger partial charge is 0.303 e. The first-order chi connectivity index (χ1) is 15.9. The zero-order chi connectivity index (χ0) is 25.3. The molecule has 1 aliphatic heterocycles. The fraction of sp³-hybridized carbons (Fsp3) is 0.524. The molecular formula is C21H24Cl3N3O7. The lowest BCUT2D eigenvalue weighted by atomic mass is 10.1. The Kier molecular flexibility index (Phi) is 8.18. The second-order valence-electron chi connectivity index (χ2n) is 7.97. The van der Waals surface area contributed by atoms with Gasteiger partial charge in [-0.25, -0.2) is 4.98 Å². The van der Waals surface area contributed by atoms with Crippen molar-refractivity contribution >= 4 is 69.7 Å². The van der Waals surface area contributed by atoms with Crippen molar-refractivity contribution in [1.29, 1.82) is 0 Å². The van der Waals surface area contributed by atoms with Crippen LogP contribution in [0.5, 0.6) is 0 Å². The molecule has 0 aliphatic carbocycles. The molecule has 0 radical (unpaired) electrons. The first-order valence-electron chi connectivity index (χ1n) is 10.4. The Labute approximate surface area is 210 Å². The number of benzene rings is 1. The van der Waals surface area contributed by atoms with Gasteiger partial charge in [-0.15, -0.1) is 0 Å². The van der Waals surface area contributed by atoms with Crippen LogP contribution in [0, 0.1) is 0 Å². The van der Waals surface area contributed by atoms with Crippen LogP contribution in [0.25, 0.3) is 11.0 Å². The Morgan fingerprint density at radius 2 is 1.68 bits per heavy atom. The third kappa shape index (κ3) is 5.51. The Balaban J connectivity index is 2.20. The van der Waals surface area contributed by atoms with Gasteiger partial charge in [0.1, 0.15) is 18.2 Å². The molecule has 4 atom stereocenters. The van der Waals surface area contributed by atoms with Crippen LogP contribution in [0.4, 0.5) is 5.95 Å². The van der Waals surface area contributed by atoms with Crippen LogP contribution in [-0.4, -0.2) is 58.4 Å². The summed E-state index contributed by atoms with van der Waals surface area (Å²) in [6.45, 7) is 7.22. The summed E-state index contributed by atoms with van der Waals surface area (Å²) in [5.74, 6) is -1.50. The van der Waals surface area contributed by atoms with Crippen LogP contribution in [0.15, 0.2) is 6.07 Å². The van der Waals surface area contributed by atoms with Crippen molar-refractivity contribution < 1.29 is 33.3 Å². The third-order valence-electron chi connectivity index (χ3n) is 4.83. The minimum atomic E-state index is -1.11. The molecule has 34 heavy (non-hydrogen) atoms. The predicted octanol–water partition coefficient (Wildman–Crippen LogP) is 4.14. The van der Waals surface area contributed by atoms with Crippen LogP contribution in [0.2, 0.25) is 15.1 Å². The fourth-order valence-corrected chi connectivity index (χ4v) is 4.29. The highest BCUT2D eigenvalue weighted by Gasteiger charge is 2.51. The van der Waals surface area contributed by atoms with Crippen LogP contribution < -0.4 is 5.32 Å². The summed E-state index contributed by atoms with van der Waals surface area (Å²) >= 11 is 18.9. The van der Waals surface area contributed by atoms with Gasteiger partial charge in [0.25, 0.3) is 0 Å². The molecule has 1 fully saturated rings. The topological polar surface area (TPSA) is 118 Å². The van der Waals surface area contributed by atoms with E-state index in [4.69, 9.17) is 53.8 Å². The lowest BCUT2D eigenvalue weighted by molar-refractivity contribution is -0.166. The second kappa shape index (κ2) is 10.6. The summed E-state index contributed by atoms with van der Waals surface area (Å²) in [5.41, 5.74) is 0.760. The number of halogens is 3. The summed E-state index contributed by atoms with van der Waals surface area (Å²) in [5, 5.41) is 3.63. The number of nitrogens with one attached hydrogen (secondary N) is 1. The number of ether oxygens (including phenoxy) is 4. The van der Waals surface area contributed by atoms with Gasteiger partial charge in [-0.05, 0) is 19.9 Å². The zero-order valence-electron chi connectivity index (χ0n) is 19.1. The van der Waals surface area contributed by atoms with Crippen LogP contribution >= 0.6 is 34.8 Å². The summed E-state index contributed by atoms with van der Waals surface area (Å²) in [7, 11) is 0. The second-order valence-corrected chi connectivity index (χ2v) is 9.14. The van der Waals surface area contributed by atoms with E-state index < -0.39 is 42.4 Å². The molecule has 1 saturated heterocycles. The summed E-state index contributed by atoms with van der Waals surface area (Å²) in [6.07, 6.45) is -4.17. The summed E-state index contributed by atoms with van der Waals surface area (Å²) in [6, 6.07) is 1.49. The number of aromatic nitrogens is 2. The Morgan fingerprint density at radius 3 is 2.24 bits per heavy atom. The van der Waals surface area contributed by atoms with E-state index in [1.54, 1.807) is 10.6 Å². The first kappa shape index (κ1) is 26.3. The SMILES string of the molecule is CC(=O)OC[C@H]1O[C@@H](n2c(NC(C)C)nc3c(Cl)c(Cl)c(Cl)cc32)[C@H](OC(C)=O)[C@@H]1OC(C)=O. The number of imidazole rings is 1. The number of esters is 3. The number of fused-ring (bicyclic) bond motifs is 1. The fourth-order valence-electron chi connectivity index (χ4n) is 3.66. The maximum absolute atomic E-state index is 12.0. The van der Waals surface area contributed by atoms with Crippen LogP contribution in [0.3, 0.4) is 0 Å². The molecule has 0 unspecified atom stereocenters. The molecule has 0 amide bonds. The molecule has 0 spiro atoms. The van der Waals surface area contributed by atoms with E-state index in [1.807, 2.05) is 13.8 Å². The summed E-state index contributed by atoms with van der Waals surface area (Å²) in [4.78, 5) is 39.8. The zero-order valence-corrected chi connectivity index (χ0v) is 21.3. The van der Waals surface area contributed by atoms with Crippen molar-refractivity contribution in [2.75, 3.05) is 11.9 Å². The third-order valence-corrected chi connectivity index (χ3v) is 6.09. The number of carbonyl (C=O) groups is 3. The highest BCUT2D eigenvalue weighted by Crippen LogP contribution is 2.43. The maximum atomic E-state index is 12.0. The normalized spacial score (nSPS) is 22.1. The number of carbonyl (C=O) groups excluding carboxylic acids is 3. The van der Waals surface area contributed by atoms with Crippen molar-refractivity contribution in [2.45, 2.75) is 65.2 Å². The molecule has 0 bridgehead atoms. The average molecular weight is 537 g/mol. The van der Waals surface area contributed by atoms with Gasteiger partial charge in [0.05, 0.1) is 20.6 Å². The van der Waals surface area contributed by atoms with E-state index >= 15 is 0 Å². The molecular weight excluding hydrogens is 513 g/mol. The molecule has 3 rings (SSSR count). The minimum absolute atomic E-state index is 0.0602. The lowest BCUT2D eigenvalue weighted by Gasteiger charge is -2.25. The van der Waals surface area contributed by atoms with Crippen molar-refractivity contribution in [3.8, 4) is 0 Å². The maximum Gasteiger partial charge on any atom is 0.303 e. The molecule has 2 heterocycles. The molecule has 1 aromatic heterocycles. The van der Waals surface area contributed by atoms with Gasteiger partial charge in [-0.3, -0.25) is 19.0 Å². The number of hydrogen-bond acceptors (Lipinski definition) is 9. The van der Waals surface area contributed by atoms with Crippen molar-refractivity contribution in [1.82, 2.24) is 9.55 Å². The monoisotopic (exact) mass is 535 g/mol. The van der Waals surface area contributed by atoms with Gasteiger partial charge in [-0.1, -0.05) is 34.8 Å². The Hall–Kier alpha value is -2.27. The molecule has 1 aliphatic rings. The van der Waals surface area contributed by atoms with Gasteiger partial charge in [0.15, 0.2) is 18.4 Å². The molecule has 13 heteroatoms. The Morgan fingerprint density at radius 1 is 1.06 bits per heavy atom. The lowest BCUT2D eigenvalue weighted by Crippen LogP contribution is -2.40. The van der Waals surface area contributed by atoms with E-state index in [1.165, 1.54) is 20.8 Å². The van der Waals surface area contributed by atoms with E-state index in [0.29, 0.717) is 17.0 Å². The van der Waals surface area contributed by atoms with Crippen LogP contribution in [0.1, 0.15) is 40.8 Å². The number of nitrogens with zero attached hydrogens (tertiary/aromatic N) is 2. The van der Waals surface area contributed by atoms with Gasteiger partial charge in [-0.2, -0.15) is 0 Å². The van der Waals surface area contributed by atoms with Gasteiger partial charge < -0.3 is 24.3 Å². The molecule has 186 valence electrons. The van der Waals surface area contributed by atoms with Crippen molar-refractivity contribution in [3.05, 3.63) is 21.1 Å². The average Bonchev–Trinajstić information content (AvgIpc) is 3.21. The Bertz CT molecular complexity index is 1120. The van der Waals surface area contributed by atoms with Gasteiger partial charge in [0.2, 0.25) is 5.95 Å². The number of anilines is 1. The van der Waals surface area contributed by atoms with E-state index in [0.717, 1.165) is 0 Å². The molecule has 1 N–H and O–H groups in total. The van der Waals surface area contributed by atoms with Gasteiger partial charge in [0, 0.05) is 26.8 Å². The highest BCUT2D eigenvalue weighted by atomic mass is 35.5. The first-order valence-corrected chi connectivity index (χ1v) is 11.5. The number of rotatable bonds is 7. The molecule has 10 nitrogen and oxygen atoms in total. The molecule has 2 aromatic rings. The number of hydrogen-bond donors (Lipinski definition) is 1. The predicted molar refractivity (Wildman–Crippen MR) is 125 cm³/mol. The molecule has 0 saturated carbocycles. The van der Waals surface area contributed by atoms with Crippen molar-refractivity contribution in [3.63, 3.8) is 0 Å². The van der Waals surface area contributed by atoms with Gasteiger partial charge >= 0.3 is 17.9 Å². The quantitative estimate of drug-likeness (QED) is 0.316. The van der Waals surface area contributed by atoms with E-state index in [2.05, 4.69) is 10.3 Å². The van der Waals surface area contributed by atoms with Crippen molar-refractivity contribution in [2.24, 2.45) is 0 Å². The highest BCUT2D eigenvalue weighted by molar-refractivity contribution is 6.50. The molecule has 1 aromatic carbocycles. The van der Waals surface area contributed by atoms with Crippen LogP contribution in [-0.2, 0) is 33.3 Å². The van der Waals surface area contributed by atoms with E-state index in [9.17, 15) is 14.4 Å². The minimum Gasteiger partial charge on any atom is -0.463 e.